The summed E-state index contributed by atoms with van der Waals surface area (Å²) in [4.78, 5) is 31.0. The normalized spacial score (nSPS) is 18.5. The number of ether oxygens (including phenoxy) is 1. The SMILES string of the molecule is Cc1ccc(-c2cc(C(=O)N3CCC4(CCCCCc5ccccc5OCCN(C)C4=O)CC3)nn2C)cc1. The van der Waals surface area contributed by atoms with E-state index < -0.39 is 5.41 Å². The van der Waals surface area contributed by atoms with Crippen molar-refractivity contribution in [3.8, 4) is 17.0 Å². The zero-order chi connectivity index (χ0) is 27.4. The molecule has 0 aliphatic carbocycles. The van der Waals surface area contributed by atoms with E-state index in [0.717, 1.165) is 49.1 Å². The van der Waals surface area contributed by atoms with Crippen LogP contribution in [0.4, 0.5) is 0 Å². The first kappa shape index (κ1) is 27.0. The molecule has 0 atom stereocenters. The topological polar surface area (TPSA) is 67.7 Å². The molecule has 5 rings (SSSR count). The van der Waals surface area contributed by atoms with Crippen molar-refractivity contribution in [3.63, 3.8) is 0 Å². The molecule has 0 radical (unpaired) electrons. The number of piperidine rings is 1. The van der Waals surface area contributed by atoms with Gasteiger partial charge in [0.05, 0.1) is 17.7 Å². The molecule has 7 heteroatoms. The average Bonchev–Trinajstić information content (AvgIpc) is 3.34. The van der Waals surface area contributed by atoms with E-state index in [0.29, 0.717) is 44.8 Å². The first-order valence-electron chi connectivity index (χ1n) is 14.2. The molecule has 0 saturated carbocycles. The molecule has 1 saturated heterocycles. The molecule has 7 nitrogen and oxygen atoms in total. The van der Waals surface area contributed by atoms with Crippen molar-refractivity contribution < 1.29 is 14.3 Å². The van der Waals surface area contributed by atoms with Crippen LogP contribution in [0.15, 0.2) is 54.6 Å². The van der Waals surface area contributed by atoms with Crippen molar-refractivity contribution in [1.82, 2.24) is 19.6 Å². The molecular weight excluding hydrogens is 488 g/mol. The van der Waals surface area contributed by atoms with Crippen LogP contribution in [-0.2, 0) is 18.3 Å². The van der Waals surface area contributed by atoms with Crippen molar-refractivity contribution in [1.29, 1.82) is 0 Å². The van der Waals surface area contributed by atoms with Crippen LogP contribution in [0.3, 0.4) is 0 Å². The number of aromatic nitrogens is 2. The monoisotopic (exact) mass is 528 g/mol. The zero-order valence-electron chi connectivity index (χ0n) is 23.5. The van der Waals surface area contributed by atoms with Gasteiger partial charge < -0.3 is 14.5 Å². The van der Waals surface area contributed by atoms with Gasteiger partial charge in [0.25, 0.3) is 5.91 Å². The largest absolute Gasteiger partial charge is 0.491 e. The van der Waals surface area contributed by atoms with Crippen LogP contribution in [0.1, 0.15) is 60.1 Å². The molecule has 2 aliphatic rings. The van der Waals surface area contributed by atoms with E-state index in [2.05, 4.69) is 48.4 Å². The van der Waals surface area contributed by atoms with Crippen molar-refractivity contribution in [3.05, 3.63) is 71.4 Å². The number of fused-ring (bicyclic) bond motifs is 1. The van der Waals surface area contributed by atoms with Gasteiger partial charge in [0.1, 0.15) is 12.4 Å². The van der Waals surface area contributed by atoms with E-state index in [1.807, 2.05) is 42.1 Å². The molecule has 0 N–H and O–H groups in total. The molecule has 1 fully saturated rings. The highest BCUT2D eigenvalue weighted by atomic mass is 16.5. The number of nitrogens with zero attached hydrogens (tertiary/aromatic N) is 4. The molecule has 2 aliphatic heterocycles. The van der Waals surface area contributed by atoms with Gasteiger partial charge >= 0.3 is 0 Å². The number of likely N-dealkylation sites (tertiary alicyclic amines) is 1. The Morgan fingerprint density at radius 3 is 2.44 bits per heavy atom. The number of amides is 2. The van der Waals surface area contributed by atoms with Crippen molar-refractivity contribution in [2.24, 2.45) is 12.5 Å². The van der Waals surface area contributed by atoms with Gasteiger partial charge in [0, 0.05) is 27.2 Å². The standard InChI is InChI=1S/C32H40N4O3/c1-24-12-14-25(15-13-24)28-23-27(33-35(28)3)30(37)36-19-17-32(18-20-36)16-8-4-5-9-26-10-6-7-11-29(26)39-22-21-34(2)31(32)38/h6-7,10-15,23H,4-5,8-9,16-22H2,1-3H3. The van der Waals surface area contributed by atoms with Crippen LogP contribution >= 0.6 is 0 Å². The predicted octanol–water partition coefficient (Wildman–Crippen LogP) is 5.27. The number of rotatable bonds is 2. The van der Waals surface area contributed by atoms with Gasteiger partial charge in [-0.1, -0.05) is 60.9 Å². The van der Waals surface area contributed by atoms with Gasteiger partial charge in [-0.05, 0) is 62.3 Å². The van der Waals surface area contributed by atoms with Crippen LogP contribution in [0.2, 0.25) is 0 Å². The highest BCUT2D eigenvalue weighted by Crippen LogP contribution is 2.39. The third-order valence-electron chi connectivity index (χ3n) is 8.51. The van der Waals surface area contributed by atoms with Gasteiger partial charge in [-0.2, -0.15) is 5.10 Å². The van der Waals surface area contributed by atoms with Crippen LogP contribution in [0.5, 0.6) is 5.75 Å². The summed E-state index contributed by atoms with van der Waals surface area (Å²) < 4.78 is 7.86. The summed E-state index contributed by atoms with van der Waals surface area (Å²) >= 11 is 0. The number of para-hydroxylation sites is 1. The Kier molecular flexibility index (Phi) is 8.05. The van der Waals surface area contributed by atoms with Crippen LogP contribution in [-0.4, -0.2) is 64.7 Å². The number of likely N-dealkylation sites (N-methyl/N-ethyl adjacent to an activating group) is 1. The zero-order valence-corrected chi connectivity index (χ0v) is 23.5. The highest BCUT2D eigenvalue weighted by Gasteiger charge is 2.43. The minimum atomic E-state index is -0.427. The molecule has 1 spiro atoms. The van der Waals surface area contributed by atoms with E-state index >= 15 is 0 Å². The van der Waals surface area contributed by atoms with Crippen LogP contribution in [0.25, 0.3) is 11.3 Å². The van der Waals surface area contributed by atoms with Crippen molar-refractivity contribution >= 4 is 11.8 Å². The minimum absolute atomic E-state index is 0.0598. The molecule has 206 valence electrons. The summed E-state index contributed by atoms with van der Waals surface area (Å²) in [6, 6.07) is 18.4. The van der Waals surface area contributed by atoms with Gasteiger partial charge in [-0.3, -0.25) is 14.3 Å². The van der Waals surface area contributed by atoms with Crippen molar-refractivity contribution in [2.75, 3.05) is 33.3 Å². The summed E-state index contributed by atoms with van der Waals surface area (Å²) in [6.07, 6.45) is 6.38. The lowest BCUT2D eigenvalue weighted by Gasteiger charge is -2.42. The third kappa shape index (κ3) is 5.87. The highest BCUT2D eigenvalue weighted by molar-refractivity contribution is 5.94. The van der Waals surface area contributed by atoms with E-state index in [-0.39, 0.29) is 11.8 Å². The molecule has 2 aromatic carbocycles. The van der Waals surface area contributed by atoms with E-state index in [1.54, 1.807) is 4.68 Å². The maximum Gasteiger partial charge on any atom is 0.274 e. The number of aryl methyl sites for hydroxylation is 3. The first-order chi connectivity index (χ1) is 18.9. The number of carbonyl (C=O) groups is 2. The fourth-order valence-electron chi connectivity index (χ4n) is 6.04. The molecule has 3 heterocycles. The van der Waals surface area contributed by atoms with Gasteiger partial charge in [0.15, 0.2) is 5.69 Å². The van der Waals surface area contributed by atoms with Crippen LogP contribution in [0, 0.1) is 12.3 Å². The third-order valence-corrected chi connectivity index (χ3v) is 8.51. The fraction of sp³-hybridized carbons (Fsp3) is 0.469. The molecule has 3 aromatic rings. The second-order valence-electron chi connectivity index (χ2n) is 11.2. The summed E-state index contributed by atoms with van der Waals surface area (Å²) in [6.45, 7) is 4.22. The minimum Gasteiger partial charge on any atom is -0.491 e. The maximum absolute atomic E-state index is 13.8. The lowest BCUT2D eigenvalue weighted by Crippen LogP contribution is -2.51. The Morgan fingerprint density at radius 1 is 0.923 bits per heavy atom. The quantitative estimate of drug-likeness (QED) is 0.454. The second kappa shape index (κ2) is 11.6. The molecule has 39 heavy (non-hydrogen) atoms. The number of hydrogen-bond donors (Lipinski definition) is 0. The summed E-state index contributed by atoms with van der Waals surface area (Å²) in [5, 5.41) is 4.55. The number of carbonyl (C=O) groups excluding carboxylic acids is 2. The van der Waals surface area contributed by atoms with Gasteiger partial charge in [0.2, 0.25) is 5.91 Å². The number of hydrogen-bond acceptors (Lipinski definition) is 4. The van der Waals surface area contributed by atoms with E-state index in [1.165, 1.54) is 11.1 Å². The summed E-state index contributed by atoms with van der Waals surface area (Å²) in [5.41, 5.74) is 4.43. The second-order valence-corrected chi connectivity index (χ2v) is 11.2. The molecule has 0 unspecified atom stereocenters. The Balaban J connectivity index is 1.26. The predicted molar refractivity (Wildman–Crippen MR) is 153 cm³/mol. The lowest BCUT2D eigenvalue weighted by molar-refractivity contribution is -0.144. The van der Waals surface area contributed by atoms with E-state index in [9.17, 15) is 9.59 Å². The lowest BCUT2D eigenvalue weighted by atomic mass is 9.73. The van der Waals surface area contributed by atoms with E-state index in [4.69, 9.17) is 4.74 Å². The molecule has 1 aromatic heterocycles. The fourth-order valence-corrected chi connectivity index (χ4v) is 6.04. The number of benzene rings is 2. The Bertz CT molecular complexity index is 1310. The molecule has 0 bridgehead atoms. The smallest absolute Gasteiger partial charge is 0.274 e. The Labute approximate surface area is 231 Å². The summed E-state index contributed by atoms with van der Waals surface area (Å²) in [5.74, 6) is 1.06. The molecular formula is C32H40N4O3. The average molecular weight is 529 g/mol. The summed E-state index contributed by atoms with van der Waals surface area (Å²) in [7, 11) is 3.76. The molecule has 2 amide bonds. The first-order valence-corrected chi connectivity index (χ1v) is 14.2. The van der Waals surface area contributed by atoms with Gasteiger partial charge in [-0.25, -0.2) is 0 Å². The Morgan fingerprint density at radius 2 is 1.67 bits per heavy atom. The van der Waals surface area contributed by atoms with Gasteiger partial charge in [-0.15, -0.1) is 0 Å². The Hall–Kier alpha value is -3.61. The maximum atomic E-state index is 13.8. The van der Waals surface area contributed by atoms with Crippen molar-refractivity contribution in [2.45, 2.75) is 51.9 Å². The van der Waals surface area contributed by atoms with Crippen LogP contribution < -0.4 is 4.74 Å².